The topological polar surface area (TPSA) is 72.5 Å². The molecule has 0 fully saturated rings. The number of halogens is 2. The zero-order valence-corrected chi connectivity index (χ0v) is 13.6. The van der Waals surface area contributed by atoms with Crippen molar-refractivity contribution in [3.63, 3.8) is 0 Å². The zero-order chi connectivity index (χ0) is 15.5. The van der Waals surface area contributed by atoms with Gasteiger partial charge in [-0.2, -0.15) is 4.72 Å². The quantitative estimate of drug-likeness (QED) is 0.808. The van der Waals surface area contributed by atoms with Crippen LogP contribution in [0.25, 0.3) is 0 Å². The maximum atomic E-state index is 13.0. The molecule has 0 bridgehead atoms. The predicted octanol–water partition coefficient (Wildman–Crippen LogP) is 2.06. The van der Waals surface area contributed by atoms with Crippen LogP contribution in [0.2, 0.25) is 0 Å². The fraction of sp³-hybridized carbons (Fsp3) is 0.417. The van der Waals surface area contributed by atoms with E-state index in [0.717, 1.165) is 18.2 Å². The highest BCUT2D eigenvalue weighted by Crippen LogP contribution is 2.23. The van der Waals surface area contributed by atoms with Gasteiger partial charge >= 0.3 is 5.97 Å². The molecule has 8 heteroatoms. The van der Waals surface area contributed by atoms with Crippen LogP contribution in [0.3, 0.4) is 0 Å². The normalized spacial score (nSPS) is 13.3. The van der Waals surface area contributed by atoms with Crippen molar-refractivity contribution in [2.45, 2.75) is 24.8 Å². The molecule has 1 atom stereocenters. The number of sulfonamides is 1. The van der Waals surface area contributed by atoms with E-state index in [1.165, 1.54) is 7.11 Å². The third-order valence-electron chi connectivity index (χ3n) is 2.59. The van der Waals surface area contributed by atoms with Crippen molar-refractivity contribution in [2.75, 3.05) is 7.11 Å². The molecule has 1 N–H and O–H groups in total. The van der Waals surface area contributed by atoms with E-state index < -0.39 is 27.9 Å². The van der Waals surface area contributed by atoms with E-state index in [2.05, 4.69) is 25.4 Å². The van der Waals surface area contributed by atoms with Crippen molar-refractivity contribution in [1.29, 1.82) is 0 Å². The van der Waals surface area contributed by atoms with Gasteiger partial charge in [0, 0.05) is 4.47 Å². The Morgan fingerprint density at radius 2 is 2.00 bits per heavy atom. The molecule has 0 saturated carbocycles. The van der Waals surface area contributed by atoms with Crippen LogP contribution in [0.15, 0.2) is 27.6 Å². The molecular formula is C12H15BrFNO4S. The Balaban J connectivity index is 3.13. The highest BCUT2D eigenvalue weighted by molar-refractivity contribution is 9.10. The van der Waals surface area contributed by atoms with Gasteiger partial charge in [-0.15, -0.1) is 0 Å². The number of hydrogen-bond donors (Lipinski definition) is 1. The molecule has 0 spiro atoms. The lowest BCUT2D eigenvalue weighted by molar-refractivity contribution is -0.143. The average molecular weight is 368 g/mol. The number of rotatable bonds is 5. The van der Waals surface area contributed by atoms with E-state index in [4.69, 9.17) is 0 Å². The number of carbonyl (C=O) groups excluding carboxylic acids is 1. The van der Waals surface area contributed by atoms with E-state index in [1.807, 2.05) is 0 Å². The third-order valence-corrected chi connectivity index (χ3v) is 5.01. The average Bonchev–Trinajstić information content (AvgIpc) is 2.34. The summed E-state index contributed by atoms with van der Waals surface area (Å²) in [5.41, 5.74) is 0. The van der Waals surface area contributed by atoms with Gasteiger partial charge in [-0.1, -0.05) is 13.8 Å². The van der Waals surface area contributed by atoms with Crippen molar-refractivity contribution < 1.29 is 22.3 Å². The van der Waals surface area contributed by atoms with Crippen molar-refractivity contribution >= 4 is 31.9 Å². The molecule has 0 aliphatic carbocycles. The molecule has 0 aliphatic rings. The minimum Gasteiger partial charge on any atom is -0.468 e. The molecule has 0 unspecified atom stereocenters. The summed E-state index contributed by atoms with van der Waals surface area (Å²) in [7, 11) is -2.79. The van der Waals surface area contributed by atoms with Crippen molar-refractivity contribution in [2.24, 2.45) is 5.92 Å². The maximum absolute atomic E-state index is 13.0. The van der Waals surface area contributed by atoms with Crippen molar-refractivity contribution in [1.82, 2.24) is 4.72 Å². The molecule has 20 heavy (non-hydrogen) atoms. The monoisotopic (exact) mass is 367 g/mol. The Labute approximate surface area is 125 Å². The van der Waals surface area contributed by atoms with Gasteiger partial charge in [0.05, 0.1) is 12.0 Å². The van der Waals surface area contributed by atoms with Gasteiger partial charge in [0.15, 0.2) is 0 Å². The van der Waals surface area contributed by atoms with Crippen LogP contribution < -0.4 is 4.72 Å². The molecule has 0 amide bonds. The zero-order valence-electron chi connectivity index (χ0n) is 11.2. The molecule has 112 valence electrons. The molecular weight excluding hydrogens is 353 g/mol. The smallest absolute Gasteiger partial charge is 0.324 e. The summed E-state index contributed by atoms with van der Waals surface area (Å²) in [6.07, 6.45) is 0. The Kier molecular flexibility index (Phi) is 5.67. The molecule has 1 rings (SSSR count). The number of benzene rings is 1. The fourth-order valence-electron chi connectivity index (χ4n) is 1.51. The maximum Gasteiger partial charge on any atom is 0.324 e. The van der Waals surface area contributed by atoms with Gasteiger partial charge in [0.1, 0.15) is 11.9 Å². The van der Waals surface area contributed by atoms with Crippen LogP contribution in [-0.4, -0.2) is 27.5 Å². The second-order valence-corrected chi connectivity index (χ2v) is 6.98. The minimum absolute atomic E-state index is 0.0809. The van der Waals surface area contributed by atoms with E-state index >= 15 is 0 Å². The summed E-state index contributed by atoms with van der Waals surface area (Å²) in [5, 5.41) is 0. The number of ether oxygens (including phenoxy) is 1. The van der Waals surface area contributed by atoms with Crippen molar-refractivity contribution in [3.8, 4) is 0 Å². The molecule has 1 aromatic rings. The summed E-state index contributed by atoms with van der Waals surface area (Å²) >= 11 is 2.99. The Morgan fingerprint density at radius 1 is 1.40 bits per heavy atom. The molecule has 0 heterocycles. The SMILES string of the molecule is COC(=O)[C@@H](NS(=O)(=O)c1ccc(F)cc1Br)C(C)C. The van der Waals surface area contributed by atoms with E-state index in [1.54, 1.807) is 13.8 Å². The van der Waals surface area contributed by atoms with Crippen LogP contribution in [-0.2, 0) is 19.6 Å². The minimum atomic E-state index is -3.97. The van der Waals surface area contributed by atoms with Gasteiger partial charge < -0.3 is 4.74 Å². The highest BCUT2D eigenvalue weighted by Gasteiger charge is 2.30. The van der Waals surface area contributed by atoms with E-state index in [0.29, 0.717) is 0 Å². The summed E-state index contributed by atoms with van der Waals surface area (Å²) < 4.78 is 44.4. The van der Waals surface area contributed by atoms with Crippen LogP contribution in [0.4, 0.5) is 4.39 Å². The fourth-order valence-corrected chi connectivity index (χ4v) is 3.89. The summed E-state index contributed by atoms with van der Waals surface area (Å²) in [6, 6.07) is 2.18. The third kappa shape index (κ3) is 4.00. The Hall–Kier alpha value is -0.990. The standard InChI is InChI=1S/C12H15BrFNO4S/c1-7(2)11(12(16)19-3)15-20(17,18)10-5-4-8(14)6-9(10)13/h4-7,11,15H,1-3H3/t11-/m0/s1. The van der Waals surface area contributed by atoms with Gasteiger partial charge in [-0.05, 0) is 40.0 Å². The number of carbonyl (C=O) groups is 1. The van der Waals surface area contributed by atoms with Crippen LogP contribution in [0.1, 0.15) is 13.8 Å². The van der Waals surface area contributed by atoms with Crippen LogP contribution in [0.5, 0.6) is 0 Å². The number of esters is 1. The van der Waals surface area contributed by atoms with Gasteiger partial charge in [0.2, 0.25) is 10.0 Å². The second-order valence-electron chi connectivity index (χ2n) is 4.44. The first-order valence-corrected chi connectivity index (χ1v) is 8.02. The number of hydrogen-bond acceptors (Lipinski definition) is 4. The molecule has 0 aromatic heterocycles. The molecule has 1 aromatic carbocycles. The number of nitrogens with one attached hydrogen (secondary N) is 1. The molecule has 0 aliphatic heterocycles. The summed E-state index contributed by atoms with van der Waals surface area (Å²) in [6.45, 7) is 3.37. The first-order chi connectivity index (χ1) is 9.19. The van der Waals surface area contributed by atoms with Gasteiger partial charge in [-0.25, -0.2) is 12.8 Å². The summed E-state index contributed by atoms with van der Waals surface area (Å²) in [4.78, 5) is 11.4. The lowest BCUT2D eigenvalue weighted by Crippen LogP contribution is -2.44. The van der Waals surface area contributed by atoms with E-state index in [-0.39, 0.29) is 15.3 Å². The predicted molar refractivity (Wildman–Crippen MR) is 75.1 cm³/mol. The van der Waals surface area contributed by atoms with Gasteiger partial charge in [0.25, 0.3) is 0 Å². The lowest BCUT2D eigenvalue weighted by Gasteiger charge is -2.20. The van der Waals surface area contributed by atoms with Crippen molar-refractivity contribution in [3.05, 3.63) is 28.5 Å². The Bertz CT molecular complexity index is 603. The highest BCUT2D eigenvalue weighted by atomic mass is 79.9. The first kappa shape index (κ1) is 17.1. The van der Waals surface area contributed by atoms with E-state index in [9.17, 15) is 17.6 Å². The van der Waals surface area contributed by atoms with Crippen LogP contribution in [0, 0.1) is 11.7 Å². The van der Waals surface area contributed by atoms with Gasteiger partial charge in [-0.3, -0.25) is 4.79 Å². The largest absolute Gasteiger partial charge is 0.468 e. The molecule has 0 saturated heterocycles. The van der Waals surface area contributed by atoms with Crippen LogP contribution >= 0.6 is 15.9 Å². The molecule has 5 nitrogen and oxygen atoms in total. The second kappa shape index (κ2) is 6.64. The molecule has 0 radical (unpaired) electrons. The lowest BCUT2D eigenvalue weighted by atomic mass is 10.1. The Morgan fingerprint density at radius 3 is 2.45 bits per heavy atom. The summed E-state index contributed by atoms with van der Waals surface area (Å²) in [5.74, 6) is -1.54. The first-order valence-electron chi connectivity index (χ1n) is 5.74. The number of methoxy groups -OCH3 is 1.